The molecule has 0 bridgehead atoms. The van der Waals surface area contributed by atoms with Crippen LogP contribution in [0.25, 0.3) is 0 Å². The van der Waals surface area contributed by atoms with Crippen LogP contribution in [-0.4, -0.2) is 47.1 Å². The fourth-order valence-corrected chi connectivity index (χ4v) is 2.05. The van der Waals surface area contributed by atoms with Crippen molar-refractivity contribution in [2.75, 3.05) is 25.1 Å². The van der Waals surface area contributed by atoms with E-state index in [1.807, 2.05) is 11.8 Å². The van der Waals surface area contributed by atoms with Crippen molar-refractivity contribution in [3.63, 3.8) is 0 Å². The molecular formula is C10H14ClN5O2. The Hall–Kier alpha value is -1.63. The molecule has 0 aliphatic carbocycles. The minimum Gasteiger partial charge on any atom is -0.467 e. The van der Waals surface area contributed by atoms with Crippen molar-refractivity contribution < 1.29 is 9.53 Å². The Morgan fingerprint density at radius 1 is 1.50 bits per heavy atom. The normalized spacial score (nSPS) is 19.6. The molecule has 1 aromatic heterocycles. The van der Waals surface area contributed by atoms with Crippen LogP contribution in [0.5, 0.6) is 6.01 Å². The molecule has 1 N–H and O–H groups in total. The Morgan fingerprint density at radius 3 is 2.94 bits per heavy atom. The van der Waals surface area contributed by atoms with Crippen LogP contribution in [-0.2, 0) is 4.79 Å². The minimum atomic E-state index is -0.290. The molecule has 1 atom stereocenters. The van der Waals surface area contributed by atoms with Crippen LogP contribution in [0.15, 0.2) is 0 Å². The zero-order valence-corrected chi connectivity index (χ0v) is 10.9. The monoisotopic (exact) mass is 271 g/mol. The lowest BCUT2D eigenvalue weighted by Gasteiger charge is -2.34. The minimum absolute atomic E-state index is 0.0285. The summed E-state index contributed by atoms with van der Waals surface area (Å²) in [6.07, 6.45) is 0.664. The molecule has 1 fully saturated rings. The van der Waals surface area contributed by atoms with E-state index in [0.29, 0.717) is 25.5 Å². The van der Waals surface area contributed by atoms with Crippen LogP contribution in [0.1, 0.15) is 13.3 Å². The number of hydrogen-bond donors (Lipinski definition) is 1. The van der Waals surface area contributed by atoms with E-state index in [0.717, 1.165) is 0 Å². The van der Waals surface area contributed by atoms with E-state index in [1.165, 1.54) is 7.11 Å². The number of nitrogens with one attached hydrogen (secondary N) is 1. The lowest BCUT2D eigenvalue weighted by molar-refractivity contribution is -0.123. The fourth-order valence-electron chi connectivity index (χ4n) is 1.90. The molecule has 2 rings (SSSR count). The maximum atomic E-state index is 11.8. The summed E-state index contributed by atoms with van der Waals surface area (Å²) < 4.78 is 4.95. The molecular weight excluding hydrogens is 258 g/mol. The average molecular weight is 272 g/mol. The van der Waals surface area contributed by atoms with Gasteiger partial charge in [-0.15, -0.1) is 0 Å². The first-order chi connectivity index (χ1) is 8.65. The van der Waals surface area contributed by atoms with Crippen LogP contribution in [0.3, 0.4) is 0 Å². The number of methoxy groups -OCH3 is 1. The summed E-state index contributed by atoms with van der Waals surface area (Å²) >= 11 is 5.81. The van der Waals surface area contributed by atoms with E-state index in [9.17, 15) is 4.79 Å². The molecule has 0 spiro atoms. The van der Waals surface area contributed by atoms with Crippen LogP contribution >= 0.6 is 11.6 Å². The zero-order chi connectivity index (χ0) is 13.1. The van der Waals surface area contributed by atoms with Gasteiger partial charge in [0.1, 0.15) is 6.04 Å². The first-order valence-electron chi connectivity index (χ1n) is 5.65. The highest BCUT2D eigenvalue weighted by molar-refractivity contribution is 6.28. The van der Waals surface area contributed by atoms with Crippen molar-refractivity contribution >= 4 is 23.5 Å². The molecule has 1 saturated heterocycles. The zero-order valence-electron chi connectivity index (χ0n) is 10.2. The Balaban J connectivity index is 2.34. The largest absolute Gasteiger partial charge is 0.467 e. The molecule has 98 valence electrons. The number of piperazine rings is 1. The van der Waals surface area contributed by atoms with Gasteiger partial charge in [0.05, 0.1) is 7.11 Å². The topological polar surface area (TPSA) is 80.2 Å². The highest BCUT2D eigenvalue weighted by Crippen LogP contribution is 2.19. The standard InChI is InChI=1S/C10H14ClN5O2/c1-3-6-7(17)12-4-5-16(6)9-13-8(11)14-10(15-9)18-2/h6H,3-5H2,1-2H3,(H,12,17). The number of hydrogen-bond acceptors (Lipinski definition) is 6. The van der Waals surface area contributed by atoms with Crippen LogP contribution in [0.2, 0.25) is 5.28 Å². The highest BCUT2D eigenvalue weighted by Gasteiger charge is 2.30. The van der Waals surface area contributed by atoms with Gasteiger partial charge >= 0.3 is 6.01 Å². The average Bonchev–Trinajstić information content (AvgIpc) is 2.37. The predicted octanol–water partition coefficient (Wildman–Crippen LogP) is 0.248. The van der Waals surface area contributed by atoms with E-state index in [4.69, 9.17) is 16.3 Å². The smallest absolute Gasteiger partial charge is 0.322 e. The Kier molecular flexibility index (Phi) is 3.81. The maximum absolute atomic E-state index is 11.8. The molecule has 0 radical (unpaired) electrons. The van der Waals surface area contributed by atoms with Gasteiger partial charge < -0.3 is 15.0 Å². The van der Waals surface area contributed by atoms with Gasteiger partial charge in [0.2, 0.25) is 17.1 Å². The second-order valence-electron chi connectivity index (χ2n) is 3.80. The molecule has 1 amide bonds. The molecule has 1 aliphatic rings. The number of amides is 1. The molecule has 0 saturated carbocycles. The summed E-state index contributed by atoms with van der Waals surface area (Å²) in [6, 6.07) is -0.146. The lowest BCUT2D eigenvalue weighted by Crippen LogP contribution is -2.55. The Morgan fingerprint density at radius 2 is 2.28 bits per heavy atom. The third kappa shape index (κ3) is 2.45. The van der Waals surface area contributed by atoms with Crippen LogP contribution < -0.4 is 15.0 Å². The molecule has 18 heavy (non-hydrogen) atoms. The molecule has 1 aliphatic heterocycles. The number of rotatable bonds is 3. The van der Waals surface area contributed by atoms with Crippen LogP contribution in [0, 0.1) is 0 Å². The molecule has 1 unspecified atom stereocenters. The van der Waals surface area contributed by atoms with Crippen molar-refractivity contribution in [3.8, 4) is 6.01 Å². The van der Waals surface area contributed by atoms with Crippen molar-refractivity contribution in [3.05, 3.63) is 5.28 Å². The SMILES string of the molecule is CCC1C(=O)NCCN1c1nc(Cl)nc(OC)n1. The number of ether oxygens (including phenoxy) is 1. The van der Waals surface area contributed by atoms with Gasteiger partial charge in [0.25, 0.3) is 0 Å². The molecule has 0 aromatic carbocycles. The summed E-state index contributed by atoms with van der Waals surface area (Å²) in [4.78, 5) is 25.6. The summed E-state index contributed by atoms with van der Waals surface area (Å²) in [6.45, 7) is 3.12. The van der Waals surface area contributed by atoms with Crippen molar-refractivity contribution in [1.29, 1.82) is 0 Å². The summed E-state index contributed by atoms with van der Waals surface area (Å²) in [5.41, 5.74) is 0. The number of halogens is 1. The summed E-state index contributed by atoms with van der Waals surface area (Å²) in [7, 11) is 1.45. The summed E-state index contributed by atoms with van der Waals surface area (Å²) in [5.74, 6) is 0.341. The molecule has 7 nitrogen and oxygen atoms in total. The van der Waals surface area contributed by atoms with Crippen molar-refractivity contribution in [2.45, 2.75) is 19.4 Å². The number of aromatic nitrogens is 3. The molecule has 1 aromatic rings. The first kappa shape index (κ1) is 12.8. The number of anilines is 1. The Bertz CT molecular complexity index is 456. The fraction of sp³-hybridized carbons (Fsp3) is 0.600. The molecule has 8 heteroatoms. The second kappa shape index (κ2) is 5.34. The van der Waals surface area contributed by atoms with Crippen LogP contribution in [0.4, 0.5) is 5.95 Å². The summed E-state index contributed by atoms with van der Waals surface area (Å²) in [5, 5.41) is 2.86. The van der Waals surface area contributed by atoms with E-state index in [2.05, 4.69) is 20.3 Å². The Labute approximate surface area is 110 Å². The quantitative estimate of drug-likeness (QED) is 0.849. The van der Waals surface area contributed by atoms with Gasteiger partial charge in [-0.05, 0) is 18.0 Å². The van der Waals surface area contributed by atoms with Gasteiger partial charge in [-0.3, -0.25) is 4.79 Å². The van der Waals surface area contributed by atoms with Crippen molar-refractivity contribution in [1.82, 2.24) is 20.3 Å². The predicted molar refractivity (Wildman–Crippen MR) is 65.8 cm³/mol. The van der Waals surface area contributed by atoms with E-state index in [1.54, 1.807) is 0 Å². The lowest BCUT2D eigenvalue weighted by atomic mass is 10.1. The van der Waals surface area contributed by atoms with Gasteiger partial charge in [-0.2, -0.15) is 15.0 Å². The number of carbonyl (C=O) groups excluding carboxylic acids is 1. The molecule has 2 heterocycles. The third-order valence-electron chi connectivity index (χ3n) is 2.73. The van der Waals surface area contributed by atoms with E-state index < -0.39 is 0 Å². The number of carbonyl (C=O) groups is 1. The van der Waals surface area contributed by atoms with Gasteiger partial charge in [0, 0.05) is 13.1 Å². The van der Waals surface area contributed by atoms with Gasteiger partial charge in [-0.25, -0.2) is 0 Å². The highest BCUT2D eigenvalue weighted by atomic mass is 35.5. The van der Waals surface area contributed by atoms with Gasteiger partial charge in [-0.1, -0.05) is 6.92 Å². The second-order valence-corrected chi connectivity index (χ2v) is 4.14. The van der Waals surface area contributed by atoms with E-state index >= 15 is 0 Å². The van der Waals surface area contributed by atoms with E-state index in [-0.39, 0.29) is 23.2 Å². The van der Waals surface area contributed by atoms with Gasteiger partial charge in [0.15, 0.2) is 0 Å². The van der Waals surface area contributed by atoms with Crippen molar-refractivity contribution in [2.24, 2.45) is 0 Å². The first-order valence-corrected chi connectivity index (χ1v) is 6.03. The number of nitrogens with zero attached hydrogens (tertiary/aromatic N) is 4. The maximum Gasteiger partial charge on any atom is 0.322 e. The third-order valence-corrected chi connectivity index (χ3v) is 2.90.